The number of carbonyl (C=O) groups excluding carboxylic acids is 2. The van der Waals surface area contributed by atoms with E-state index in [1.807, 2.05) is 24.3 Å². The summed E-state index contributed by atoms with van der Waals surface area (Å²) in [7, 11) is 0. The third kappa shape index (κ3) is 3.61. The van der Waals surface area contributed by atoms with Gasteiger partial charge in [0.2, 0.25) is 5.91 Å². The van der Waals surface area contributed by atoms with Gasteiger partial charge in [-0.2, -0.15) is 0 Å². The molecule has 0 radical (unpaired) electrons. The number of alkyl carbamates (subject to hydrolysis) is 1. The van der Waals surface area contributed by atoms with Crippen molar-refractivity contribution in [2.24, 2.45) is 11.8 Å². The third-order valence-electron chi connectivity index (χ3n) is 7.02. The molecule has 166 valence electrons. The van der Waals surface area contributed by atoms with Crippen LogP contribution in [0.4, 0.5) is 4.79 Å². The predicted molar refractivity (Wildman–Crippen MR) is 117 cm³/mol. The summed E-state index contributed by atoms with van der Waals surface area (Å²) in [6, 6.07) is 16.1. The maximum atomic E-state index is 12.8. The number of nitrogens with zero attached hydrogens (tertiary/aromatic N) is 1. The van der Waals surface area contributed by atoms with Crippen LogP contribution in [0.1, 0.15) is 36.3 Å². The van der Waals surface area contributed by atoms with Crippen molar-refractivity contribution in [1.82, 2.24) is 10.2 Å². The van der Waals surface area contributed by atoms with Crippen LogP contribution in [-0.4, -0.2) is 53.7 Å². The van der Waals surface area contributed by atoms with E-state index in [-0.39, 0.29) is 43.5 Å². The molecule has 2 aromatic rings. The number of ether oxygens (including phenoxy) is 1. The molecule has 2 atom stereocenters. The van der Waals surface area contributed by atoms with E-state index in [0.29, 0.717) is 6.42 Å². The van der Waals surface area contributed by atoms with Crippen molar-refractivity contribution in [3.8, 4) is 11.1 Å². The van der Waals surface area contributed by atoms with Gasteiger partial charge >= 0.3 is 12.1 Å². The zero-order valence-corrected chi connectivity index (χ0v) is 17.7. The summed E-state index contributed by atoms with van der Waals surface area (Å²) in [5.74, 6) is -1.74. The molecule has 0 spiro atoms. The summed E-state index contributed by atoms with van der Waals surface area (Å²) in [4.78, 5) is 38.0. The quantitative estimate of drug-likeness (QED) is 0.753. The van der Waals surface area contributed by atoms with Gasteiger partial charge in [0.1, 0.15) is 6.61 Å². The van der Waals surface area contributed by atoms with Gasteiger partial charge in [0.15, 0.2) is 0 Å². The third-order valence-corrected chi connectivity index (χ3v) is 7.02. The van der Waals surface area contributed by atoms with Crippen LogP contribution in [0.2, 0.25) is 0 Å². The minimum absolute atomic E-state index is 0.0109. The first kappa shape index (κ1) is 20.5. The van der Waals surface area contributed by atoms with Gasteiger partial charge in [-0.1, -0.05) is 55.0 Å². The van der Waals surface area contributed by atoms with Crippen molar-refractivity contribution in [3.05, 3.63) is 59.7 Å². The fraction of sp³-hybridized carbons (Fsp3) is 0.400. The number of rotatable bonds is 5. The number of aliphatic carboxylic acids is 1. The molecule has 0 aromatic heterocycles. The lowest BCUT2D eigenvalue weighted by molar-refractivity contribution is -0.154. The highest BCUT2D eigenvalue weighted by Gasteiger charge is 2.42. The highest BCUT2D eigenvalue weighted by atomic mass is 16.5. The highest BCUT2D eigenvalue weighted by Crippen LogP contribution is 2.44. The fourth-order valence-electron chi connectivity index (χ4n) is 5.27. The summed E-state index contributed by atoms with van der Waals surface area (Å²) in [5, 5.41) is 11.9. The van der Waals surface area contributed by atoms with Crippen molar-refractivity contribution >= 4 is 18.0 Å². The second kappa shape index (κ2) is 8.30. The van der Waals surface area contributed by atoms with E-state index in [9.17, 15) is 14.4 Å². The van der Waals surface area contributed by atoms with E-state index in [1.54, 1.807) is 4.90 Å². The van der Waals surface area contributed by atoms with E-state index >= 15 is 0 Å². The molecule has 7 nitrogen and oxygen atoms in total. The molecule has 1 saturated carbocycles. The van der Waals surface area contributed by atoms with E-state index in [0.717, 1.165) is 24.0 Å². The number of carbonyl (C=O) groups is 3. The Bertz CT molecular complexity index is 1020. The molecule has 1 heterocycles. The van der Waals surface area contributed by atoms with Gasteiger partial charge in [0, 0.05) is 25.0 Å². The molecular weight excluding hydrogens is 408 g/mol. The number of hydrogen-bond acceptors (Lipinski definition) is 4. The summed E-state index contributed by atoms with van der Waals surface area (Å²) < 4.78 is 5.63. The molecule has 5 rings (SSSR count). The average molecular weight is 434 g/mol. The topological polar surface area (TPSA) is 95.9 Å². The van der Waals surface area contributed by atoms with Gasteiger partial charge in [-0.15, -0.1) is 0 Å². The molecular formula is C25H26N2O5. The summed E-state index contributed by atoms with van der Waals surface area (Å²) >= 11 is 0. The summed E-state index contributed by atoms with van der Waals surface area (Å²) in [6.07, 6.45) is 1.75. The van der Waals surface area contributed by atoms with Crippen LogP contribution in [-0.2, 0) is 14.3 Å². The van der Waals surface area contributed by atoms with Crippen molar-refractivity contribution < 1.29 is 24.2 Å². The van der Waals surface area contributed by atoms with E-state index in [1.165, 1.54) is 11.1 Å². The zero-order chi connectivity index (χ0) is 22.2. The molecule has 1 saturated heterocycles. The van der Waals surface area contributed by atoms with Gasteiger partial charge in [-0.25, -0.2) is 4.79 Å². The number of carboxylic acids is 1. The van der Waals surface area contributed by atoms with Crippen molar-refractivity contribution in [3.63, 3.8) is 0 Å². The van der Waals surface area contributed by atoms with E-state index < -0.39 is 18.0 Å². The first-order valence-corrected chi connectivity index (χ1v) is 11.2. The minimum Gasteiger partial charge on any atom is -0.481 e. The second-order valence-electron chi connectivity index (χ2n) is 8.89. The maximum Gasteiger partial charge on any atom is 0.407 e. The second-order valence-corrected chi connectivity index (χ2v) is 8.89. The van der Waals surface area contributed by atoms with Gasteiger partial charge in [0.05, 0.1) is 11.8 Å². The average Bonchev–Trinajstić information content (AvgIpc) is 3.33. The van der Waals surface area contributed by atoms with Gasteiger partial charge in [0.25, 0.3) is 0 Å². The number of likely N-dealkylation sites (tertiary alicyclic amines) is 1. The Morgan fingerprint density at radius 3 is 2.22 bits per heavy atom. The molecule has 0 bridgehead atoms. The lowest BCUT2D eigenvalue weighted by Gasteiger charge is -2.39. The predicted octanol–water partition coefficient (Wildman–Crippen LogP) is 3.24. The number of carboxylic acid groups (broad SMARTS) is 1. The molecule has 2 aromatic carbocycles. The Morgan fingerprint density at radius 2 is 1.59 bits per heavy atom. The molecule has 7 heteroatoms. The van der Waals surface area contributed by atoms with Crippen molar-refractivity contribution in [1.29, 1.82) is 0 Å². The first-order valence-electron chi connectivity index (χ1n) is 11.2. The van der Waals surface area contributed by atoms with Gasteiger partial charge < -0.3 is 20.1 Å². The van der Waals surface area contributed by atoms with Gasteiger partial charge in [-0.05, 0) is 35.1 Å². The fourth-order valence-corrected chi connectivity index (χ4v) is 5.27. The molecule has 32 heavy (non-hydrogen) atoms. The molecule has 1 aliphatic heterocycles. The normalized spacial score (nSPS) is 22.1. The lowest BCUT2D eigenvalue weighted by Crippen LogP contribution is -2.56. The van der Waals surface area contributed by atoms with Crippen LogP contribution in [0.3, 0.4) is 0 Å². The molecule has 2 unspecified atom stereocenters. The Morgan fingerprint density at radius 1 is 0.969 bits per heavy atom. The number of benzene rings is 2. The molecule has 2 amide bonds. The van der Waals surface area contributed by atoms with E-state index in [4.69, 9.17) is 9.84 Å². The Hall–Kier alpha value is -3.35. The minimum atomic E-state index is -0.867. The standard InChI is InChI=1S/C25H26N2O5/c28-23(27-12-15(13-27)24(29)30)20-10-5-11-22(20)26-25(31)32-14-21-18-8-3-1-6-16(18)17-7-2-4-9-19(17)21/h1-4,6-9,15,20-22H,5,10-14H2,(H,26,31)(H,29,30). The van der Waals surface area contributed by atoms with Crippen LogP contribution >= 0.6 is 0 Å². The van der Waals surface area contributed by atoms with Crippen LogP contribution in [0.5, 0.6) is 0 Å². The Labute approximate surface area is 186 Å². The monoisotopic (exact) mass is 434 g/mol. The number of nitrogens with one attached hydrogen (secondary N) is 1. The first-order chi connectivity index (χ1) is 15.5. The molecule has 2 aliphatic carbocycles. The Kier molecular flexibility index (Phi) is 5.33. The molecule has 2 N–H and O–H groups in total. The SMILES string of the molecule is O=C(NC1CCCC1C(=O)N1CC(C(=O)O)C1)OCC1c2ccccc2-c2ccccc21. The maximum absolute atomic E-state index is 12.8. The zero-order valence-electron chi connectivity index (χ0n) is 17.7. The summed E-state index contributed by atoms with van der Waals surface area (Å²) in [5.41, 5.74) is 4.66. The smallest absolute Gasteiger partial charge is 0.407 e. The highest BCUT2D eigenvalue weighted by molar-refractivity contribution is 5.84. The number of amides is 2. The number of hydrogen-bond donors (Lipinski definition) is 2. The van der Waals surface area contributed by atoms with Crippen molar-refractivity contribution in [2.75, 3.05) is 19.7 Å². The largest absolute Gasteiger partial charge is 0.481 e. The lowest BCUT2D eigenvalue weighted by atomic mass is 9.95. The van der Waals surface area contributed by atoms with Crippen LogP contribution in [0, 0.1) is 11.8 Å². The Balaban J connectivity index is 1.19. The van der Waals surface area contributed by atoms with Crippen molar-refractivity contribution in [2.45, 2.75) is 31.2 Å². The van der Waals surface area contributed by atoms with E-state index in [2.05, 4.69) is 29.6 Å². The van der Waals surface area contributed by atoms with Crippen LogP contribution in [0.15, 0.2) is 48.5 Å². The van der Waals surface area contributed by atoms with Crippen LogP contribution < -0.4 is 5.32 Å². The number of fused-ring (bicyclic) bond motifs is 3. The molecule has 3 aliphatic rings. The van der Waals surface area contributed by atoms with Crippen LogP contribution in [0.25, 0.3) is 11.1 Å². The molecule has 2 fully saturated rings. The van der Waals surface area contributed by atoms with Gasteiger partial charge in [-0.3, -0.25) is 9.59 Å². The summed E-state index contributed by atoms with van der Waals surface area (Å²) in [6.45, 7) is 0.738.